The van der Waals surface area contributed by atoms with Crippen LogP contribution in [0.25, 0.3) is 10.5 Å². The van der Waals surface area contributed by atoms with Crippen LogP contribution in [0.4, 0.5) is 0 Å². The first kappa shape index (κ1) is 11.3. The van der Waals surface area contributed by atoms with Gasteiger partial charge in [0.25, 0.3) is 0 Å². The van der Waals surface area contributed by atoms with E-state index >= 15 is 0 Å². The topological polar surface area (TPSA) is 20.2 Å². The Labute approximate surface area is 117 Å². The van der Waals surface area contributed by atoms with E-state index in [-0.39, 0.29) is 6.61 Å². The molecule has 0 amide bonds. The molecule has 0 atom stereocenters. The van der Waals surface area contributed by atoms with Crippen molar-refractivity contribution >= 4 is 22.2 Å². The highest BCUT2D eigenvalue weighted by molar-refractivity contribution is 8.08. The van der Waals surface area contributed by atoms with E-state index in [1.165, 1.54) is 32.7 Å². The summed E-state index contributed by atoms with van der Waals surface area (Å²) >= 11 is 1.94. The van der Waals surface area contributed by atoms with Gasteiger partial charge >= 0.3 is 0 Å². The molecule has 2 aromatic rings. The second-order valence-corrected chi connectivity index (χ2v) is 6.07. The van der Waals surface area contributed by atoms with Gasteiger partial charge in [0.15, 0.2) is 0 Å². The van der Waals surface area contributed by atoms with Crippen LogP contribution in [-0.4, -0.2) is 5.11 Å². The van der Waals surface area contributed by atoms with Crippen LogP contribution in [0.2, 0.25) is 0 Å². The van der Waals surface area contributed by atoms with Gasteiger partial charge in [-0.3, -0.25) is 0 Å². The Morgan fingerprint density at radius 2 is 1.89 bits per heavy atom. The Kier molecular flexibility index (Phi) is 2.54. The highest BCUT2D eigenvalue weighted by Gasteiger charge is 2.27. The molecule has 1 N–H and O–H groups in total. The minimum Gasteiger partial charge on any atom is -0.392 e. The van der Waals surface area contributed by atoms with E-state index in [0.717, 1.165) is 17.7 Å². The number of fused-ring (bicyclic) bond motifs is 4. The molecule has 0 aromatic heterocycles. The van der Waals surface area contributed by atoms with Gasteiger partial charge in [0.1, 0.15) is 0 Å². The minimum absolute atomic E-state index is 0.122. The number of aliphatic hydroxyl groups excluding tert-OH is 1. The molecular formula is C17H14OS. The Morgan fingerprint density at radius 1 is 1.00 bits per heavy atom. The van der Waals surface area contributed by atoms with Crippen molar-refractivity contribution in [2.75, 3.05) is 0 Å². The molecule has 0 fully saturated rings. The molecule has 1 heterocycles. The zero-order chi connectivity index (χ0) is 12.8. The van der Waals surface area contributed by atoms with Crippen LogP contribution in [0.5, 0.6) is 0 Å². The van der Waals surface area contributed by atoms with Gasteiger partial charge in [0, 0.05) is 10.7 Å². The molecule has 4 rings (SSSR count). The fraction of sp³-hybridized carbons (Fsp3) is 0.176. The van der Waals surface area contributed by atoms with Crippen molar-refractivity contribution in [3.05, 3.63) is 70.3 Å². The maximum atomic E-state index is 9.30. The van der Waals surface area contributed by atoms with Crippen molar-refractivity contribution in [2.24, 2.45) is 0 Å². The third-order valence-electron chi connectivity index (χ3n) is 3.96. The first-order chi connectivity index (χ1) is 9.36. The van der Waals surface area contributed by atoms with Gasteiger partial charge in [-0.15, -0.1) is 11.8 Å². The van der Waals surface area contributed by atoms with E-state index in [2.05, 4.69) is 36.4 Å². The maximum Gasteiger partial charge on any atom is 0.0682 e. The minimum atomic E-state index is 0.122. The summed E-state index contributed by atoms with van der Waals surface area (Å²) in [4.78, 5) is 1.42. The molecule has 2 heteroatoms. The number of rotatable bonds is 1. The van der Waals surface area contributed by atoms with Crippen LogP contribution in [-0.2, 0) is 18.8 Å². The molecule has 0 saturated carbocycles. The third-order valence-corrected chi connectivity index (χ3v) is 5.17. The van der Waals surface area contributed by atoms with E-state index in [0.29, 0.717) is 0 Å². The van der Waals surface area contributed by atoms with Crippen molar-refractivity contribution in [3.63, 3.8) is 0 Å². The zero-order valence-corrected chi connectivity index (χ0v) is 11.3. The lowest BCUT2D eigenvalue weighted by atomic mass is 9.99. The van der Waals surface area contributed by atoms with E-state index in [9.17, 15) is 5.11 Å². The number of hydrogen-bond acceptors (Lipinski definition) is 2. The predicted molar refractivity (Wildman–Crippen MR) is 80.6 cm³/mol. The monoisotopic (exact) mass is 266 g/mol. The average molecular weight is 266 g/mol. The van der Waals surface area contributed by atoms with Gasteiger partial charge < -0.3 is 5.11 Å². The van der Waals surface area contributed by atoms with Gasteiger partial charge in [-0.1, -0.05) is 36.4 Å². The molecule has 0 bridgehead atoms. The first-order valence-electron chi connectivity index (χ1n) is 6.54. The Hall–Kier alpha value is -1.51. The number of aliphatic hydroxyl groups is 1. The van der Waals surface area contributed by atoms with Gasteiger partial charge in [0.05, 0.1) is 6.61 Å². The van der Waals surface area contributed by atoms with Gasteiger partial charge in [0.2, 0.25) is 0 Å². The molecule has 2 aliphatic rings. The number of benzene rings is 2. The summed E-state index contributed by atoms with van der Waals surface area (Å²) in [6, 6.07) is 15.1. The number of hydrogen-bond donors (Lipinski definition) is 1. The van der Waals surface area contributed by atoms with Gasteiger partial charge in [-0.05, 0) is 45.9 Å². The van der Waals surface area contributed by atoms with Gasteiger partial charge in [-0.25, -0.2) is 0 Å². The number of allylic oxidation sites excluding steroid dienone is 1. The van der Waals surface area contributed by atoms with Crippen molar-refractivity contribution in [3.8, 4) is 0 Å². The number of thioether (sulfide) groups is 1. The Bertz CT molecular complexity index is 700. The van der Waals surface area contributed by atoms with Crippen molar-refractivity contribution in [2.45, 2.75) is 18.8 Å². The van der Waals surface area contributed by atoms with E-state index < -0.39 is 0 Å². The second-order valence-electron chi connectivity index (χ2n) is 5.08. The lowest BCUT2D eigenvalue weighted by molar-refractivity contribution is 0.282. The van der Waals surface area contributed by atoms with Crippen LogP contribution >= 0.6 is 11.8 Å². The summed E-state index contributed by atoms with van der Waals surface area (Å²) in [5.74, 6) is 1.05. The van der Waals surface area contributed by atoms with Crippen LogP contribution in [0.3, 0.4) is 0 Å². The quantitative estimate of drug-likeness (QED) is 0.846. The summed E-state index contributed by atoms with van der Waals surface area (Å²) in [5.41, 5.74) is 8.07. The van der Waals surface area contributed by atoms with Gasteiger partial charge in [-0.2, -0.15) is 0 Å². The van der Waals surface area contributed by atoms with Crippen LogP contribution in [0, 0.1) is 0 Å². The summed E-state index contributed by atoms with van der Waals surface area (Å²) in [6.45, 7) is 0.122. The molecule has 1 aliphatic carbocycles. The second kappa shape index (κ2) is 4.26. The van der Waals surface area contributed by atoms with Crippen molar-refractivity contribution < 1.29 is 5.11 Å². The summed E-state index contributed by atoms with van der Waals surface area (Å²) < 4.78 is 0. The molecule has 2 aromatic carbocycles. The highest BCUT2D eigenvalue weighted by atomic mass is 32.2. The molecule has 0 spiro atoms. The molecule has 94 valence electrons. The molecule has 1 aliphatic heterocycles. The fourth-order valence-electron chi connectivity index (χ4n) is 2.99. The first-order valence-corrected chi connectivity index (χ1v) is 7.52. The highest BCUT2D eigenvalue weighted by Crippen LogP contribution is 2.50. The average Bonchev–Trinajstić information content (AvgIpc) is 2.85. The van der Waals surface area contributed by atoms with Crippen LogP contribution in [0.1, 0.15) is 27.8 Å². The lowest BCUT2D eigenvalue weighted by Gasteiger charge is -2.18. The van der Waals surface area contributed by atoms with E-state index in [4.69, 9.17) is 0 Å². The molecular weight excluding hydrogens is 252 g/mol. The molecule has 0 radical (unpaired) electrons. The molecule has 19 heavy (non-hydrogen) atoms. The van der Waals surface area contributed by atoms with E-state index in [1.807, 2.05) is 17.8 Å². The Morgan fingerprint density at radius 3 is 2.79 bits per heavy atom. The lowest BCUT2D eigenvalue weighted by Crippen LogP contribution is -1.97. The van der Waals surface area contributed by atoms with Crippen LogP contribution < -0.4 is 0 Å². The summed E-state index contributed by atoms with van der Waals surface area (Å²) in [7, 11) is 0. The Balaban J connectivity index is 1.89. The van der Waals surface area contributed by atoms with Crippen LogP contribution in [0.15, 0.2) is 42.5 Å². The third kappa shape index (κ3) is 1.67. The summed E-state index contributed by atoms with van der Waals surface area (Å²) in [5, 5.41) is 9.30. The SMILES string of the molecule is OCc1ccc2c(c1)C1=C(C2)c2ccccc2CS1. The predicted octanol–water partition coefficient (Wildman–Crippen LogP) is 3.85. The smallest absolute Gasteiger partial charge is 0.0682 e. The standard InChI is InChI=1S/C17H14OS/c18-9-11-5-6-12-8-16-14-4-2-1-3-13(14)10-19-17(16)15(12)7-11/h1-7,18H,8-10H2. The summed E-state index contributed by atoms with van der Waals surface area (Å²) in [6.07, 6.45) is 1.03. The normalized spacial score (nSPS) is 16.1. The molecule has 1 nitrogen and oxygen atoms in total. The fourth-order valence-corrected chi connectivity index (χ4v) is 4.25. The largest absolute Gasteiger partial charge is 0.392 e. The molecule has 0 saturated heterocycles. The maximum absolute atomic E-state index is 9.30. The van der Waals surface area contributed by atoms with Crippen molar-refractivity contribution in [1.29, 1.82) is 0 Å². The molecule has 0 unspecified atom stereocenters. The zero-order valence-electron chi connectivity index (χ0n) is 10.5. The van der Waals surface area contributed by atoms with Crippen molar-refractivity contribution in [1.82, 2.24) is 0 Å². The van der Waals surface area contributed by atoms with E-state index in [1.54, 1.807) is 0 Å².